The molecule has 0 radical (unpaired) electrons. The molecule has 1 fully saturated rings. The van der Waals surface area contributed by atoms with Crippen molar-refractivity contribution >= 4 is 15.9 Å². The molecule has 1 aliphatic heterocycles. The van der Waals surface area contributed by atoms with E-state index in [4.69, 9.17) is 10.6 Å². The summed E-state index contributed by atoms with van der Waals surface area (Å²) in [6.07, 6.45) is 0. The number of hydrazine groups is 1. The number of halogens is 3. The molecule has 118 valence electrons. The number of rotatable bonds is 4. The molecule has 0 saturated carbocycles. The number of hydrogen-bond acceptors (Lipinski definition) is 4. The summed E-state index contributed by atoms with van der Waals surface area (Å²) in [5.41, 5.74) is 1.96. The quantitative estimate of drug-likeness (QED) is 0.489. The summed E-state index contributed by atoms with van der Waals surface area (Å²) in [5.74, 6) is 4.39. The van der Waals surface area contributed by atoms with Crippen LogP contribution in [0.1, 0.15) is 25.5 Å². The molecule has 0 amide bonds. The lowest BCUT2D eigenvalue weighted by Gasteiger charge is -2.45. The summed E-state index contributed by atoms with van der Waals surface area (Å²) < 4.78 is 34.1. The van der Waals surface area contributed by atoms with Crippen molar-refractivity contribution in [1.82, 2.24) is 10.3 Å². The first kappa shape index (κ1) is 16.8. The van der Waals surface area contributed by atoms with Crippen LogP contribution in [0, 0.1) is 11.6 Å². The molecular weight excluding hydrogens is 344 g/mol. The van der Waals surface area contributed by atoms with Crippen LogP contribution in [0.3, 0.4) is 0 Å². The van der Waals surface area contributed by atoms with Crippen LogP contribution in [-0.2, 0) is 4.74 Å². The van der Waals surface area contributed by atoms with E-state index in [1.807, 2.05) is 13.8 Å². The molecule has 3 N–H and O–H groups in total. The predicted molar refractivity (Wildman–Crippen MR) is 80.6 cm³/mol. The number of morpholine rings is 1. The molecular formula is C14H20BrF2N3O. The van der Waals surface area contributed by atoms with Crippen LogP contribution in [0.2, 0.25) is 0 Å². The van der Waals surface area contributed by atoms with E-state index in [0.29, 0.717) is 26.3 Å². The van der Waals surface area contributed by atoms with Gasteiger partial charge in [-0.1, -0.05) is 0 Å². The Balaban J connectivity index is 2.41. The van der Waals surface area contributed by atoms with Gasteiger partial charge in [0.2, 0.25) is 0 Å². The van der Waals surface area contributed by atoms with E-state index in [0.717, 1.165) is 0 Å². The molecule has 21 heavy (non-hydrogen) atoms. The van der Waals surface area contributed by atoms with Crippen molar-refractivity contribution in [2.75, 3.05) is 26.3 Å². The predicted octanol–water partition coefficient (Wildman–Crippen LogP) is 2.34. The number of nitrogens with zero attached hydrogens (tertiary/aromatic N) is 1. The lowest BCUT2D eigenvalue weighted by atomic mass is 9.86. The maximum atomic E-state index is 14.4. The molecule has 1 atom stereocenters. The zero-order valence-electron chi connectivity index (χ0n) is 12.1. The van der Waals surface area contributed by atoms with Gasteiger partial charge in [0.05, 0.1) is 23.7 Å². The van der Waals surface area contributed by atoms with Crippen molar-refractivity contribution in [3.8, 4) is 0 Å². The Kier molecular flexibility index (Phi) is 5.32. The first-order valence-electron chi connectivity index (χ1n) is 6.82. The van der Waals surface area contributed by atoms with Crippen LogP contribution in [0.5, 0.6) is 0 Å². The average Bonchev–Trinajstić information content (AvgIpc) is 2.48. The van der Waals surface area contributed by atoms with Gasteiger partial charge in [0.1, 0.15) is 11.6 Å². The van der Waals surface area contributed by atoms with Crippen LogP contribution in [0.15, 0.2) is 16.6 Å². The van der Waals surface area contributed by atoms with E-state index < -0.39 is 23.2 Å². The molecule has 1 unspecified atom stereocenters. The van der Waals surface area contributed by atoms with Gasteiger partial charge in [-0.2, -0.15) is 0 Å². The fourth-order valence-electron chi connectivity index (χ4n) is 2.77. The second kappa shape index (κ2) is 6.66. The smallest absolute Gasteiger partial charge is 0.145 e. The van der Waals surface area contributed by atoms with Crippen molar-refractivity contribution in [3.05, 3.63) is 33.8 Å². The highest BCUT2D eigenvalue weighted by Gasteiger charge is 2.39. The van der Waals surface area contributed by atoms with E-state index in [1.165, 1.54) is 12.1 Å². The van der Waals surface area contributed by atoms with Gasteiger partial charge >= 0.3 is 0 Å². The van der Waals surface area contributed by atoms with Gasteiger partial charge < -0.3 is 4.74 Å². The molecule has 1 aromatic rings. The van der Waals surface area contributed by atoms with E-state index >= 15 is 0 Å². The Morgan fingerprint density at radius 3 is 2.52 bits per heavy atom. The number of benzene rings is 1. The van der Waals surface area contributed by atoms with Crippen molar-refractivity contribution in [1.29, 1.82) is 0 Å². The van der Waals surface area contributed by atoms with Crippen LogP contribution in [0.4, 0.5) is 8.78 Å². The topological polar surface area (TPSA) is 50.5 Å². The van der Waals surface area contributed by atoms with Crippen LogP contribution in [0.25, 0.3) is 0 Å². The Bertz CT molecular complexity index is 507. The van der Waals surface area contributed by atoms with E-state index in [9.17, 15) is 8.78 Å². The van der Waals surface area contributed by atoms with Gasteiger partial charge in [0, 0.05) is 24.2 Å². The molecule has 1 saturated heterocycles. The number of nitrogens with one attached hydrogen (secondary N) is 1. The monoisotopic (exact) mass is 363 g/mol. The number of nitrogens with two attached hydrogens (primary N) is 1. The zero-order chi connectivity index (χ0) is 15.6. The third kappa shape index (κ3) is 3.27. The van der Waals surface area contributed by atoms with Crippen molar-refractivity contribution in [2.45, 2.75) is 25.4 Å². The standard InChI is InChI=1S/C14H20BrF2N3O/c1-14(2,20-5-7-21-8-6-20)13(19-18)11-10(16)4-3-9(15)12(11)17/h3-4,13,19H,5-8,18H2,1-2H3. The van der Waals surface area contributed by atoms with Crippen LogP contribution < -0.4 is 11.3 Å². The highest BCUT2D eigenvalue weighted by Crippen LogP contribution is 2.35. The molecule has 4 nitrogen and oxygen atoms in total. The Morgan fingerprint density at radius 1 is 1.33 bits per heavy atom. The maximum Gasteiger partial charge on any atom is 0.145 e. The van der Waals surface area contributed by atoms with Gasteiger partial charge in [-0.15, -0.1) is 0 Å². The molecule has 0 aromatic heterocycles. The van der Waals surface area contributed by atoms with E-state index in [2.05, 4.69) is 26.3 Å². The Labute approximate surface area is 131 Å². The molecule has 2 rings (SSSR count). The number of ether oxygens (including phenoxy) is 1. The normalized spacial score (nSPS) is 18.8. The molecule has 0 spiro atoms. The highest BCUT2D eigenvalue weighted by molar-refractivity contribution is 9.10. The maximum absolute atomic E-state index is 14.4. The first-order valence-corrected chi connectivity index (χ1v) is 7.61. The zero-order valence-corrected chi connectivity index (χ0v) is 13.7. The fourth-order valence-corrected chi connectivity index (χ4v) is 3.12. The lowest BCUT2D eigenvalue weighted by Crippen LogP contribution is -2.57. The van der Waals surface area contributed by atoms with E-state index in [-0.39, 0.29) is 10.0 Å². The summed E-state index contributed by atoms with van der Waals surface area (Å²) in [6.45, 7) is 6.43. The van der Waals surface area contributed by atoms with Crippen molar-refractivity contribution in [3.63, 3.8) is 0 Å². The average molecular weight is 364 g/mol. The Morgan fingerprint density at radius 2 is 1.95 bits per heavy atom. The van der Waals surface area contributed by atoms with Gasteiger partial charge in [0.15, 0.2) is 0 Å². The molecule has 0 bridgehead atoms. The fraction of sp³-hybridized carbons (Fsp3) is 0.571. The van der Waals surface area contributed by atoms with Gasteiger partial charge in [-0.3, -0.25) is 16.2 Å². The third-order valence-corrected chi connectivity index (χ3v) is 4.68. The first-order chi connectivity index (χ1) is 9.89. The minimum atomic E-state index is -0.687. The summed E-state index contributed by atoms with van der Waals surface area (Å²) in [5, 5.41) is 0. The minimum Gasteiger partial charge on any atom is -0.379 e. The third-order valence-electron chi connectivity index (χ3n) is 4.07. The lowest BCUT2D eigenvalue weighted by molar-refractivity contribution is -0.0247. The summed E-state index contributed by atoms with van der Waals surface area (Å²) in [4.78, 5) is 2.13. The molecule has 1 aliphatic rings. The summed E-state index contributed by atoms with van der Waals surface area (Å²) >= 11 is 3.10. The molecule has 1 heterocycles. The molecule has 0 aliphatic carbocycles. The second-order valence-electron chi connectivity index (χ2n) is 5.61. The largest absolute Gasteiger partial charge is 0.379 e. The van der Waals surface area contributed by atoms with Gasteiger partial charge in [0.25, 0.3) is 0 Å². The second-order valence-corrected chi connectivity index (χ2v) is 6.46. The highest BCUT2D eigenvalue weighted by atomic mass is 79.9. The minimum absolute atomic E-state index is 0.0524. The van der Waals surface area contributed by atoms with E-state index in [1.54, 1.807) is 0 Å². The van der Waals surface area contributed by atoms with Gasteiger partial charge in [-0.05, 0) is 41.9 Å². The summed E-state index contributed by atoms with van der Waals surface area (Å²) in [7, 11) is 0. The molecule has 7 heteroatoms. The Hall–Kier alpha value is -0.600. The molecule has 1 aromatic carbocycles. The van der Waals surface area contributed by atoms with Crippen molar-refractivity contribution < 1.29 is 13.5 Å². The van der Waals surface area contributed by atoms with Crippen molar-refractivity contribution in [2.24, 2.45) is 5.84 Å². The van der Waals surface area contributed by atoms with Crippen LogP contribution in [-0.4, -0.2) is 36.7 Å². The van der Waals surface area contributed by atoms with Gasteiger partial charge in [-0.25, -0.2) is 8.78 Å². The van der Waals surface area contributed by atoms with Crippen LogP contribution >= 0.6 is 15.9 Å². The summed E-state index contributed by atoms with van der Waals surface area (Å²) in [6, 6.07) is 1.90. The SMILES string of the molecule is CC(C)(C(NN)c1c(F)ccc(Br)c1F)N1CCOCC1. The number of hydrogen-bond donors (Lipinski definition) is 2.